The molecule has 1 atom stereocenters. The number of aryl methyl sites for hydroxylation is 1. The van der Waals surface area contributed by atoms with E-state index in [1.165, 1.54) is 24.9 Å². The van der Waals surface area contributed by atoms with Crippen molar-refractivity contribution in [1.82, 2.24) is 15.1 Å². The Hall–Kier alpha value is -0.830. The van der Waals surface area contributed by atoms with Gasteiger partial charge in [0.2, 0.25) is 0 Å². The summed E-state index contributed by atoms with van der Waals surface area (Å²) in [7, 11) is 1.97. The Bertz CT molecular complexity index is 248. The average molecular weight is 165 g/mol. The molecule has 2 rings (SSSR count). The van der Waals surface area contributed by atoms with E-state index in [0.717, 1.165) is 6.54 Å². The van der Waals surface area contributed by atoms with E-state index in [4.69, 9.17) is 0 Å². The summed E-state index contributed by atoms with van der Waals surface area (Å²) in [4.78, 5) is 0. The maximum Gasteiger partial charge on any atom is 0.0524 e. The highest BCUT2D eigenvalue weighted by Gasteiger charge is 2.15. The van der Waals surface area contributed by atoms with Gasteiger partial charge in [-0.15, -0.1) is 0 Å². The first kappa shape index (κ1) is 7.80. The van der Waals surface area contributed by atoms with E-state index >= 15 is 0 Å². The maximum absolute atomic E-state index is 4.18. The number of piperidine rings is 1. The van der Waals surface area contributed by atoms with Crippen LogP contribution in [0, 0.1) is 0 Å². The summed E-state index contributed by atoms with van der Waals surface area (Å²) in [6.07, 6.45) is 6.70. The van der Waals surface area contributed by atoms with Crippen molar-refractivity contribution in [3.8, 4) is 0 Å². The Kier molecular flexibility index (Phi) is 2.13. The van der Waals surface area contributed by atoms with E-state index in [9.17, 15) is 0 Å². The first-order chi connectivity index (χ1) is 5.86. The molecular weight excluding hydrogens is 150 g/mol. The van der Waals surface area contributed by atoms with Gasteiger partial charge >= 0.3 is 0 Å². The smallest absolute Gasteiger partial charge is 0.0524 e. The number of hydrogen-bond donors (Lipinski definition) is 1. The molecule has 1 aromatic heterocycles. The zero-order valence-corrected chi connectivity index (χ0v) is 7.45. The van der Waals surface area contributed by atoms with Gasteiger partial charge in [-0.25, -0.2) is 0 Å². The van der Waals surface area contributed by atoms with E-state index in [0.29, 0.717) is 5.92 Å². The maximum atomic E-state index is 4.18. The zero-order chi connectivity index (χ0) is 8.39. The Morgan fingerprint density at radius 3 is 3.17 bits per heavy atom. The molecule has 1 aliphatic rings. The molecule has 3 heteroatoms. The second-order valence-electron chi connectivity index (χ2n) is 3.49. The number of rotatable bonds is 1. The largest absolute Gasteiger partial charge is 0.316 e. The minimum Gasteiger partial charge on any atom is -0.316 e. The van der Waals surface area contributed by atoms with Crippen molar-refractivity contribution in [3.63, 3.8) is 0 Å². The molecule has 0 spiro atoms. The third-order valence-corrected chi connectivity index (χ3v) is 2.49. The number of nitrogens with one attached hydrogen (secondary N) is 1. The first-order valence-electron chi connectivity index (χ1n) is 4.55. The summed E-state index contributed by atoms with van der Waals surface area (Å²) in [6, 6.07) is 0. The Morgan fingerprint density at radius 2 is 2.58 bits per heavy atom. The summed E-state index contributed by atoms with van der Waals surface area (Å²) in [6.45, 7) is 2.29. The Balaban J connectivity index is 2.08. The van der Waals surface area contributed by atoms with Gasteiger partial charge in [-0.05, 0) is 30.9 Å². The van der Waals surface area contributed by atoms with Crippen molar-refractivity contribution >= 4 is 0 Å². The van der Waals surface area contributed by atoms with Crippen LogP contribution >= 0.6 is 0 Å². The molecule has 0 aliphatic carbocycles. The lowest BCUT2D eigenvalue weighted by molar-refractivity contribution is 0.461. The third-order valence-electron chi connectivity index (χ3n) is 2.49. The summed E-state index contributed by atoms with van der Waals surface area (Å²) < 4.78 is 1.88. The quantitative estimate of drug-likeness (QED) is 0.669. The summed E-state index contributed by atoms with van der Waals surface area (Å²) in [5, 5.41) is 7.59. The molecule has 1 aromatic rings. The molecule has 0 radical (unpaired) electrons. The lowest BCUT2D eigenvalue weighted by Crippen LogP contribution is -2.28. The zero-order valence-electron chi connectivity index (χ0n) is 7.45. The number of aromatic nitrogens is 2. The fourth-order valence-corrected chi connectivity index (χ4v) is 1.79. The highest BCUT2D eigenvalue weighted by Crippen LogP contribution is 2.21. The van der Waals surface area contributed by atoms with Crippen LogP contribution in [0.2, 0.25) is 0 Å². The fourth-order valence-electron chi connectivity index (χ4n) is 1.79. The van der Waals surface area contributed by atoms with Crippen molar-refractivity contribution in [3.05, 3.63) is 18.0 Å². The van der Waals surface area contributed by atoms with Crippen molar-refractivity contribution in [2.45, 2.75) is 18.8 Å². The molecule has 0 unspecified atom stereocenters. The SMILES string of the molecule is Cn1cc([C@H]2CCCNC2)cn1. The van der Waals surface area contributed by atoms with Gasteiger partial charge in [-0.2, -0.15) is 5.10 Å². The van der Waals surface area contributed by atoms with Gasteiger partial charge in [-0.1, -0.05) is 0 Å². The molecule has 0 saturated carbocycles. The van der Waals surface area contributed by atoms with Crippen LogP contribution in [0.5, 0.6) is 0 Å². The predicted octanol–water partition coefficient (Wildman–Crippen LogP) is 0.887. The van der Waals surface area contributed by atoms with E-state index in [1.54, 1.807) is 0 Å². The predicted molar refractivity (Wildman–Crippen MR) is 48.1 cm³/mol. The minimum atomic E-state index is 0.687. The molecule has 1 fully saturated rings. The van der Waals surface area contributed by atoms with E-state index in [2.05, 4.69) is 16.6 Å². The molecular formula is C9H15N3. The van der Waals surface area contributed by atoms with Crippen LogP contribution in [-0.4, -0.2) is 22.9 Å². The van der Waals surface area contributed by atoms with E-state index in [1.807, 2.05) is 17.9 Å². The van der Waals surface area contributed by atoms with Crippen molar-refractivity contribution in [1.29, 1.82) is 0 Å². The molecule has 1 saturated heterocycles. The second kappa shape index (κ2) is 3.27. The second-order valence-corrected chi connectivity index (χ2v) is 3.49. The van der Waals surface area contributed by atoms with Gasteiger partial charge in [0.15, 0.2) is 0 Å². The standard InChI is InChI=1S/C9H15N3/c1-12-7-9(6-11-12)8-3-2-4-10-5-8/h6-8,10H,2-5H2,1H3/t8-/m0/s1. The van der Waals surface area contributed by atoms with Gasteiger partial charge in [0.1, 0.15) is 0 Å². The molecule has 0 bridgehead atoms. The molecule has 3 nitrogen and oxygen atoms in total. The topological polar surface area (TPSA) is 29.9 Å². The monoisotopic (exact) mass is 165 g/mol. The van der Waals surface area contributed by atoms with Gasteiger partial charge in [0.25, 0.3) is 0 Å². The number of nitrogens with zero attached hydrogens (tertiary/aromatic N) is 2. The average Bonchev–Trinajstić information content (AvgIpc) is 2.54. The molecule has 1 aliphatic heterocycles. The van der Waals surface area contributed by atoms with Gasteiger partial charge in [-0.3, -0.25) is 4.68 Å². The van der Waals surface area contributed by atoms with E-state index < -0.39 is 0 Å². The summed E-state index contributed by atoms with van der Waals surface area (Å²) >= 11 is 0. The lowest BCUT2D eigenvalue weighted by atomic mass is 9.94. The molecule has 2 heterocycles. The fraction of sp³-hybridized carbons (Fsp3) is 0.667. The molecule has 0 aromatic carbocycles. The highest BCUT2D eigenvalue weighted by molar-refractivity contribution is 5.12. The van der Waals surface area contributed by atoms with Gasteiger partial charge in [0, 0.05) is 19.8 Å². The van der Waals surface area contributed by atoms with Crippen LogP contribution in [-0.2, 0) is 7.05 Å². The van der Waals surface area contributed by atoms with Crippen molar-refractivity contribution in [2.75, 3.05) is 13.1 Å². The van der Waals surface area contributed by atoms with Crippen LogP contribution in [0.15, 0.2) is 12.4 Å². The Labute approximate surface area is 72.8 Å². The van der Waals surface area contributed by atoms with Crippen LogP contribution < -0.4 is 5.32 Å². The molecule has 0 amide bonds. The summed E-state index contributed by atoms with van der Waals surface area (Å²) in [5.74, 6) is 0.687. The van der Waals surface area contributed by atoms with Gasteiger partial charge < -0.3 is 5.32 Å². The third kappa shape index (κ3) is 1.50. The van der Waals surface area contributed by atoms with Crippen LogP contribution in [0.3, 0.4) is 0 Å². The number of hydrogen-bond acceptors (Lipinski definition) is 2. The van der Waals surface area contributed by atoms with Crippen molar-refractivity contribution in [2.24, 2.45) is 7.05 Å². The lowest BCUT2D eigenvalue weighted by Gasteiger charge is -2.21. The minimum absolute atomic E-state index is 0.687. The van der Waals surface area contributed by atoms with Crippen LogP contribution in [0.25, 0.3) is 0 Å². The highest BCUT2D eigenvalue weighted by atomic mass is 15.2. The van der Waals surface area contributed by atoms with Crippen LogP contribution in [0.4, 0.5) is 0 Å². The molecule has 1 N–H and O–H groups in total. The first-order valence-corrected chi connectivity index (χ1v) is 4.55. The van der Waals surface area contributed by atoms with Crippen molar-refractivity contribution < 1.29 is 0 Å². The van der Waals surface area contributed by atoms with Gasteiger partial charge in [0.05, 0.1) is 6.20 Å². The molecule has 66 valence electrons. The summed E-state index contributed by atoms with van der Waals surface area (Å²) in [5.41, 5.74) is 1.38. The Morgan fingerprint density at radius 1 is 1.67 bits per heavy atom. The van der Waals surface area contributed by atoms with E-state index in [-0.39, 0.29) is 0 Å². The van der Waals surface area contributed by atoms with Crippen LogP contribution in [0.1, 0.15) is 24.3 Å². The normalized spacial score (nSPS) is 24.2. The molecule has 12 heavy (non-hydrogen) atoms.